The van der Waals surface area contributed by atoms with E-state index in [1.807, 2.05) is 0 Å². The van der Waals surface area contributed by atoms with E-state index >= 15 is 0 Å². The Labute approximate surface area is 118 Å². The maximum atomic E-state index is 10.0. The second kappa shape index (κ2) is 5.71. The maximum Gasteiger partial charge on any atom is 0.0897 e. The van der Waals surface area contributed by atoms with Crippen molar-refractivity contribution in [1.82, 2.24) is 5.32 Å². The zero-order valence-corrected chi connectivity index (χ0v) is 13.0. The summed E-state index contributed by atoms with van der Waals surface area (Å²) in [7, 11) is 0. The van der Waals surface area contributed by atoms with Crippen molar-refractivity contribution in [2.45, 2.75) is 78.0 Å². The van der Waals surface area contributed by atoms with Crippen molar-refractivity contribution in [1.29, 1.82) is 0 Å². The number of hydrogen-bond acceptors (Lipinski definition) is 3. The lowest BCUT2D eigenvalue weighted by molar-refractivity contribution is -0.0233. The highest BCUT2D eigenvalue weighted by Gasteiger charge is 2.64. The summed E-state index contributed by atoms with van der Waals surface area (Å²) in [6, 6.07) is 0.504. The summed E-state index contributed by atoms with van der Waals surface area (Å²) in [5.41, 5.74) is 0.661. The fourth-order valence-corrected chi connectivity index (χ4v) is 3.50. The highest BCUT2D eigenvalue weighted by atomic mass is 16.5. The van der Waals surface area contributed by atoms with Crippen LogP contribution in [-0.2, 0) is 4.74 Å². The van der Waals surface area contributed by atoms with Crippen LogP contribution in [0, 0.1) is 10.8 Å². The molecule has 0 spiro atoms. The summed E-state index contributed by atoms with van der Waals surface area (Å²) in [6.07, 6.45) is 6.25. The molecule has 0 bridgehead atoms. The van der Waals surface area contributed by atoms with Crippen LogP contribution in [0.1, 0.15) is 59.8 Å². The minimum atomic E-state index is -0.380. The summed E-state index contributed by atoms with van der Waals surface area (Å²) in [4.78, 5) is 0. The molecule has 2 aliphatic rings. The van der Waals surface area contributed by atoms with Crippen LogP contribution in [0.5, 0.6) is 0 Å². The molecule has 0 aromatic carbocycles. The fourth-order valence-electron chi connectivity index (χ4n) is 3.50. The van der Waals surface area contributed by atoms with E-state index in [1.165, 1.54) is 32.1 Å². The molecule has 0 aromatic rings. The monoisotopic (exact) mass is 269 g/mol. The lowest BCUT2D eigenvalue weighted by Gasteiger charge is -2.23. The molecule has 0 amide bonds. The van der Waals surface area contributed by atoms with E-state index in [4.69, 9.17) is 4.74 Å². The van der Waals surface area contributed by atoms with Gasteiger partial charge in [0.25, 0.3) is 0 Å². The average molecular weight is 269 g/mol. The Hall–Kier alpha value is -0.120. The summed E-state index contributed by atoms with van der Waals surface area (Å²) in [5.74, 6) is 0. The van der Waals surface area contributed by atoms with Gasteiger partial charge in [0.05, 0.1) is 18.8 Å². The van der Waals surface area contributed by atoms with E-state index in [-0.39, 0.29) is 6.10 Å². The topological polar surface area (TPSA) is 41.5 Å². The van der Waals surface area contributed by atoms with E-state index in [9.17, 15) is 5.11 Å². The molecule has 2 rings (SSSR count). The molecule has 112 valence electrons. The van der Waals surface area contributed by atoms with Crippen LogP contribution in [0.15, 0.2) is 0 Å². The SMILES string of the molecule is CC1(C)C(NCC(O)COC2CCCCC2)C1(C)C. The van der Waals surface area contributed by atoms with Gasteiger partial charge in [-0.2, -0.15) is 0 Å². The normalized spacial score (nSPS) is 28.3. The Morgan fingerprint density at radius 2 is 1.68 bits per heavy atom. The van der Waals surface area contributed by atoms with Crippen molar-refractivity contribution in [3.8, 4) is 0 Å². The lowest BCUT2D eigenvalue weighted by atomic mass is 9.98. The second-order valence-electron chi connectivity index (χ2n) is 7.53. The first-order valence-electron chi connectivity index (χ1n) is 7.89. The zero-order valence-electron chi connectivity index (χ0n) is 13.0. The molecule has 0 aliphatic heterocycles. The summed E-state index contributed by atoms with van der Waals surface area (Å²) in [6.45, 7) is 10.3. The van der Waals surface area contributed by atoms with Gasteiger partial charge in [0.15, 0.2) is 0 Å². The standard InChI is InChI=1S/C16H31NO2/c1-15(2)14(16(15,3)4)17-10-12(18)11-19-13-8-6-5-7-9-13/h12-14,17-18H,5-11H2,1-4H3. The third-order valence-corrected chi connectivity index (χ3v) is 5.65. The Morgan fingerprint density at radius 1 is 1.11 bits per heavy atom. The van der Waals surface area contributed by atoms with Gasteiger partial charge >= 0.3 is 0 Å². The van der Waals surface area contributed by atoms with Gasteiger partial charge in [-0.25, -0.2) is 0 Å². The van der Waals surface area contributed by atoms with Crippen molar-refractivity contribution in [2.24, 2.45) is 10.8 Å². The summed E-state index contributed by atoms with van der Waals surface area (Å²) >= 11 is 0. The van der Waals surface area contributed by atoms with Crippen molar-refractivity contribution in [2.75, 3.05) is 13.2 Å². The largest absolute Gasteiger partial charge is 0.389 e. The highest BCUT2D eigenvalue weighted by Crippen LogP contribution is 2.62. The molecule has 3 nitrogen and oxygen atoms in total. The summed E-state index contributed by atoms with van der Waals surface area (Å²) < 4.78 is 5.81. The van der Waals surface area contributed by atoms with E-state index in [1.54, 1.807) is 0 Å². The third kappa shape index (κ3) is 3.32. The van der Waals surface area contributed by atoms with E-state index < -0.39 is 0 Å². The van der Waals surface area contributed by atoms with Gasteiger partial charge in [0, 0.05) is 12.6 Å². The van der Waals surface area contributed by atoms with Gasteiger partial charge < -0.3 is 15.2 Å². The smallest absolute Gasteiger partial charge is 0.0897 e. The number of aliphatic hydroxyl groups is 1. The molecule has 1 atom stereocenters. The van der Waals surface area contributed by atoms with Crippen LogP contribution < -0.4 is 5.32 Å². The summed E-state index contributed by atoms with van der Waals surface area (Å²) in [5, 5.41) is 13.5. The first kappa shape index (κ1) is 15.3. The number of hydrogen-bond donors (Lipinski definition) is 2. The molecule has 2 N–H and O–H groups in total. The highest BCUT2D eigenvalue weighted by molar-refractivity contribution is 5.17. The van der Waals surface area contributed by atoms with Crippen LogP contribution >= 0.6 is 0 Å². The lowest BCUT2D eigenvalue weighted by Crippen LogP contribution is -2.35. The molecule has 0 radical (unpaired) electrons. The second-order valence-corrected chi connectivity index (χ2v) is 7.53. The number of rotatable bonds is 6. The molecular formula is C16H31NO2. The van der Waals surface area contributed by atoms with E-state index in [2.05, 4.69) is 33.0 Å². The predicted molar refractivity (Wildman–Crippen MR) is 78.2 cm³/mol. The van der Waals surface area contributed by atoms with Gasteiger partial charge in [-0.1, -0.05) is 47.0 Å². The Bertz CT molecular complexity index is 281. The third-order valence-electron chi connectivity index (χ3n) is 5.65. The minimum Gasteiger partial charge on any atom is -0.389 e. The number of nitrogens with one attached hydrogen (secondary N) is 1. The van der Waals surface area contributed by atoms with Crippen LogP contribution in [-0.4, -0.2) is 36.5 Å². The predicted octanol–water partition coefficient (Wildman–Crippen LogP) is 2.72. The molecule has 2 fully saturated rings. The molecule has 2 aliphatic carbocycles. The van der Waals surface area contributed by atoms with Crippen molar-refractivity contribution < 1.29 is 9.84 Å². The first-order chi connectivity index (χ1) is 8.85. The van der Waals surface area contributed by atoms with Gasteiger partial charge in [-0.05, 0) is 23.7 Å². The number of ether oxygens (including phenoxy) is 1. The van der Waals surface area contributed by atoms with Gasteiger partial charge in [-0.3, -0.25) is 0 Å². The average Bonchev–Trinajstić information content (AvgIpc) is 2.76. The van der Waals surface area contributed by atoms with Crippen LogP contribution in [0.25, 0.3) is 0 Å². The zero-order chi connectivity index (χ0) is 14.1. The maximum absolute atomic E-state index is 10.0. The van der Waals surface area contributed by atoms with Gasteiger partial charge in [-0.15, -0.1) is 0 Å². The molecule has 1 unspecified atom stereocenters. The van der Waals surface area contributed by atoms with Crippen LogP contribution in [0.4, 0.5) is 0 Å². The Morgan fingerprint density at radius 3 is 2.21 bits per heavy atom. The van der Waals surface area contributed by atoms with E-state index in [0.29, 0.717) is 36.1 Å². The van der Waals surface area contributed by atoms with Crippen LogP contribution in [0.3, 0.4) is 0 Å². The molecular weight excluding hydrogens is 238 g/mol. The van der Waals surface area contributed by atoms with Crippen molar-refractivity contribution >= 4 is 0 Å². The first-order valence-corrected chi connectivity index (χ1v) is 7.89. The molecule has 3 heteroatoms. The number of aliphatic hydroxyl groups excluding tert-OH is 1. The molecule has 2 saturated carbocycles. The molecule has 0 heterocycles. The molecule has 0 aromatic heterocycles. The molecule has 0 saturated heterocycles. The fraction of sp³-hybridized carbons (Fsp3) is 1.00. The van der Waals surface area contributed by atoms with Crippen molar-refractivity contribution in [3.05, 3.63) is 0 Å². The quantitative estimate of drug-likeness (QED) is 0.779. The van der Waals surface area contributed by atoms with Crippen LogP contribution in [0.2, 0.25) is 0 Å². The Balaban J connectivity index is 1.61. The minimum absolute atomic E-state index is 0.330. The van der Waals surface area contributed by atoms with Gasteiger partial charge in [0.2, 0.25) is 0 Å². The van der Waals surface area contributed by atoms with E-state index in [0.717, 1.165) is 0 Å². The van der Waals surface area contributed by atoms with Gasteiger partial charge in [0.1, 0.15) is 0 Å². The van der Waals surface area contributed by atoms with Crippen molar-refractivity contribution in [3.63, 3.8) is 0 Å². The Kier molecular flexibility index (Phi) is 4.59. The molecule has 19 heavy (non-hydrogen) atoms.